The molecular weight excluding hydrogens is 413 g/mol. The van der Waals surface area contributed by atoms with Crippen molar-refractivity contribution in [2.24, 2.45) is 0 Å². The van der Waals surface area contributed by atoms with E-state index in [1.165, 1.54) is 6.07 Å². The number of aromatic nitrogens is 1. The number of benzene rings is 2. The van der Waals surface area contributed by atoms with E-state index in [2.05, 4.69) is 15.6 Å². The van der Waals surface area contributed by atoms with Gasteiger partial charge in [-0.25, -0.2) is 9.37 Å². The Hall–Kier alpha value is -3.03. The highest BCUT2D eigenvalue weighted by atomic mass is 32.1. The Balaban J connectivity index is 1.17. The van der Waals surface area contributed by atoms with Crippen LogP contribution in [0.3, 0.4) is 0 Å². The third-order valence-corrected chi connectivity index (χ3v) is 6.66. The van der Waals surface area contributed by atoms with E-state index in [0.717, 1.165) is 53.4 Å². The Labute approximate surface area is 183 Å². The lowest BCUT2D eigenvalue weighted by atomic mass is 9.97. The molecule has 2 aromatic heterocycles. The van der Waals surface area contributed by atoms with Crippen molar-refractivity contribution in [1.82, 2.24) is 9.88 Å². The molecule has 1 aliphatic rings. The van der Waals surface area contributed by atoms with E-state index in [4.69, 9.17) is 9.40 Å². The zero-order chi connectivity index (χ0) is 21.2. The molecule has 7 heteroatoms. The SMILES string of the molecule is O=C(CN1CCC(c2nc(-c3cc4ccccc4o3)cs2)CC1)Nc1ccccc1F. The molecule has 0 radical (unpaired) electrons. The minimum Gasteiger partial charge on any atom is -0.454 e. The number of rotatable bonds is 5. The summed E-state index contributed by atoms with van der Waals surface area (Å²) in [6.45, 7) is 1.90. The van der Waals surface area contributed by atoms with Crippen LogP contribution >= 0.6 is 11.3 Å². The number of likely N-dealkylation sites (tertiary alicyclic amines) is 1. The molecule has 1 aliphatic heterocycles. The van der Waals surface area contributed by atoms with Crippen molar-refractivity contribution in [3.8, 4) is 11.5 Å². The van der Waals surface area contributed by atoms with Gasteiger partial charge in [0.25, 0.3) is 0 Å². The molecule has 5 nitrogen and oxygen atoms in total. The molecule has 1 amide bonds. The highest BCUT2D eigenvalue weighted by Gasteiger charge is 2.25. The van der Waals surface area contributed by atoms with Crippen molar-refractivity contribution >= 4 is 33.9 Å². The van der Waals surface area contributed by atoms with Gasteiger partial charge in [0.15, 0.2) is 5.76 Å². The van der Waals surface area contributed by atoms with Gasteiger partial charge in [0, 0.05) is 16.7 Å². The number of halogens is 1. The fourth-order valence-corrected chi connectivity index (χ4v) is 4.97. The standard InChI is InChI=1S/C24H22FN3O2S/c25-18-6-2-3-7-19(18)26-23(29)14-28-11-9-16(10-12-28)24-27-20(15-31-24)22-13-17-5-1-4-8-21(17)30-22/h1-8,13,15-16H,9-12,14H2,(H,26,29). The second kappa shape index (κ2) is 8.61. The summed E-state index contributed by atoms with van der Waals surface area (Å²) in [5.74, 6) is 0.573. The van der Waals surface area contributed by atoms with Crippen LogP contribution < -0.4 is 5.32 Å². The molecule has 0 aliphatic carbocycles. The summed E-state index contributed by atoms with van der Waals surface area (Å²) in [7, 11) is 0. The second-order valence-corrected chi connectivity index (χ2v) is 8.69. The Morgan fingerprint density at radius 2 is 1.94 bits per heavy atom. The number of hydrogen-bond donors (Lipinski definition) is 1. The normalized spacial score (nSPS) is 15.4. The van der Waals surface area contributed by atoms with E-state index >= 15 is 0 Å². The Morgan fingerprint density at radius 1 is 1.16 bits per heavy atom. The number of para-hydroxylation sites is 2. The number of piperidine rings is 1. The van der Waals surface area contributed by atoms with Crippen molar-refractivity contribution in [2.45, 2.75) is 18.8 Å². The molecule has 0 bridgehead atoms. The lowest BCUT2D eigenvalue weighted by Gasteiger charge is -2.30. The summed E-state index contributed by atoms with van der Waals surface area (Å²) in [6, 6.07) is 16.2. The van der Waals surface area contributed by atoms with Gasteiger partial charge in [-0.15, -0.1) is 11.3 Å². The summed E-state index contributed by atoms with van der Waals surface area (Å²) < 4.78 is 19.6. The third-order valence-electron chi connectivity index (χ3n) is 5.65. The van der Waals surface area contributed by atoms with Crippen LogP contribution in [0.5, 0.6) is 0 Å². The number of furan rings is 1. The first-order chi connectivity index (χ1) is 15.2. The highest BCUT2D eigenvalue weighted by Crippen LogP contribution is 2.34. The Morgan fingerprint density at radius 3 is 2.74 bits per heavy atom. The molecule has 1 fully saturated rings. The number of thiazole rings is 1. The number of nitrogens with zero attached hydrogens (tertiary/aromatic N) is 2. The lowest BCUT2D eigenvalue weighted by Crippen LogP contribution is -2.38. The van der Waals surface area contributed by atoms with E-state index in [0.29, 0.717) is 5.92 Å². The van der Waals surface area contributed by atoms with Crippen LogP contribution in [-0.2, 0) is 4.79 Å². The van der Waals surface area contributed by atoms with Crippen LogP contribution in [0.25, 0.3) is 22.4 Å². The predicted octanol–water partition coefficient (Wildman–Crippen LogP) is 5.51. The Bertz CT molecular complexity index is 1180. The number of nitrogens with one attached hydrogen (secondary N) is 1. The smallest absolute Gasteiger partial charge is 0.238 e. The minimum absolute atomic E-state index is 0.190. The van der Waals surface area contributed by atoms with Gasteiger partial charge in [-0.2, -0.15) is 0 Å². The average molecular weight is 436 g/mol. The average Bonchev–Trinajstić information content (AvgIpc) is 3.43. The number of amides is 1. The van der Waals surface area contributed by atoms with Gasteiger partial charge in [-0.05, 0) is 50.2 Å². The van der Waals surface area contributed by atoms with Crippen molar-refractivity contribution < 1.29 is 13.6 Å². The zero-order valence-corrected chi connectivity index (χ0v) is 17.7. The molecule has 0 atom stereocenters. The summed E-state index contributed by atoms with van der Waals surface area (Å²) in [5, 5.41) is 6.91. The maximum atomic E-state index is 13.7. The fourth-order valence-electron chi connectivity index (χ4n) is 3.99. The molecule has 1 N–H and O–H groups in total. The fraction of sp³-hybridized carbons (Fsp3) is 0.250. The van der Waals surface area contributed by atoms with Crippen molar-refractivity contribution in [3.63, 3.8) is 0 Å². The molecule has 0 saturated carbocycles. The summed E-state index contributed by atoms with van der Waals surface area (Å²) in [4.78, 5) is 19.2. The maximum absolute atomic E-state index is 13.7. The van der Waals surface area contributed by atoms with Crippen LogP contribution in [-0.4, -0.2) is 35.4 Å². The van der Waals surface area contributed by atoms with E-state index in [-0.39, 0.29) is 18.1 Å². The molecule has 31 heavy (non-hydrogen) atoms. The van der Waals surface area contributed by atoms with Crippen LogP contribution in [0, 0.1) is 5.82 Å². The minimum atomic E-state index is -0.418. The molecule has 0 unspecified atom stereocenters. The quantitative estimate of drug-likeness (QED) is 0.449. The predicted molar refractivity (Wildman–Crippen MR) is 121 cm³/mol. The van der Waals surface area contributed by atoms with Crippen molar-refractivity contribution in [3.05, 3.63) is 70.8 Å². The largest absolute Gasteiger partial charge is 0.454 e. The molecule has 2 aromatic carbocycles. The first-order valence-electron chi connectivity index (χ1n) is 10.4. The van der Waals surface area contributed by atoms with Gasteiger partial charge < -0.3 is 9.73 Å². The molecule has 158 valence electrons. The van der Waals surface area contributed by atoms with Gasteiger partial charge >= 0.3 is 0 Å². The topological polar surface area (TPSA) is 58.4 Å². The summed E-state index contributed by atoms with van der Waals surface area (Å²) >= 11 is 1.67. The van der Waals surface area contributed by atoms with Gasteiger partial charge in [0.1, 0.15) is 17.1 Å². The lowest BCUT2D eigenvalue weighted by molar-refractivity contribution is -0.117. The van der Waals surface area contributed by atoms with E-state index < -0.39 is 5.82 Å². The van der Waals surface area contributed by atoms with E-state index in [1.54, 1.807) is 29.5 Å². The molecule has 3 heterocycles. The van der Waals surface area contributed by atoms with Crippen LogP contribution in [0.2, 0.25) is 0 Å². The summed E-state index contributed by atoms with van der Waals surface area (Å²) in [5.41, 5.74) is 1.97. The first-order valence-corrected chi connectivity index (χ1v) is 11.2. The number of anilines is 1. The number of fused-ring (bicyclic) bond motifs is 1. The first kappa shape index (κ1) is 19.9. The molecule has 0 spiro atoms. The third kappa shape index (κ3) is 4.38. The van der Waals surface area contributed by atoms with Crippen LogP contribution in [0.1, 0.15) is 23.8 Å². The number of hydrogen-bond acceptors (Lipinski definition) is 5. The van der Waals surface area contributed by atoms with Gasteiger partial charge in [-0.3, -0.25) is 9.69 Å². The number of carbonyl (C=O) groups excluding carboxylic acids is 1. The van der Waals surface area contributed by atoms with Crippen LogP contribution in [0.4, 0.5) is 10.1 Å². The number of carbonyl (C=O) groups is 1. The zero-order valence-electron chi connectivity index (χ0n) is 16.9. The Kier molecular flexibility index (Phi) is 5.53. The second-order valence-electron chi connectivity index (χ2n) is 7.80. The molecule has 4 aromatic rings. The van der Waals surface area contributed by atoms with E-state index in [9.17, 15) is 9.18 Å². The van der Waals surface area contributed by atoms with Gasteiger partial charge in [-0.1, -0.05) is 30.3 Å². The molecule has 1 saturated heterocycles. The summed E-state index contributed by atoms with van der Waals surface area (Å²) in [6.07, 6.45) is 1.89. The van der Waals surface area contributed by atoms with Crippen molar-refractivity contribution in [1.29, 1.82) is 0 Å². The van der Waals surface area contributed by atoms with Crippen molar-refractivity contribution in [2.75, 3.05) is 25.0 Å². The molecule has 5 rings (SSSR count). The van der Waals surface area contributed by atoms with E-state index in [1.807, 2.05) is 30.3 Å². The highest BCUT2D eigenvalue weighted by molar-refractivity contribution is 7.10. The molecular formula is C24H22FN3O2S. The van der Waals surface area contributed by atoms with Crippen LogP contribution in [0.15, 0.2) is 64.4 Å². The maximum Gasteiger partial charge on any atom is 0.238 e. The van der Waals surface area contributed by atoms with Gasteiger partial charge in [0.05, 0.1) is 17.2 Å². The monoisotopic (exact) mass is 435 g/mol. The van der Waals surface area contributed by atoms with Gasteiger partial charge in [0.2, 0.25) is 5.91 Å².